The number of carbonyl (C=O) groups is 1. The maximum absolute atomic E-state index is 10.9. The van der Waals surface area contributed by atoms with E-state index >= 15 is 0 Å². The lowest BCUT2D eigenvalue weighted by molar-refractivity contribution is -0.143. The van der Waals surface area contributed by atoms with E-state index in [-0.39, 0.29) is 17.5 Å². The van der Waals surface area contributed by atoms with E-state index in [9.17, 15) is 9.90 Å². The number of carbonyl (C=O) groups excluding carboxylic acids is 1. The van der Waals surface area contributed by atoms with Crippen molar-refractivity contribution < 1.29 is 14.6 Å². The molecule has 0 amide bonds. The SMILES string of the molecule is CCOC(=O)CCC([PH3+])C(O)CCl. The Balaban J connectivity index is 3.57. The smallest absolute Gasteiger partial charge is 0.305 e. The molecule has 0 spiro atoms. The van der Waals surface area contributed by atoms with Gasteiger partial charge < -0.3 is 9.84 Å². The molecule has 3 unspecified atom stereocenters. The maximum Gasteiger partial charge on any atom is 0.305 e. The van der Waals surface area contributed by atoms with Gasteiger partial charge in [-0.25, -0.2) is 0 Å². The molecule has 0 aromatic rings. The summed E-state index contributed by atoms with van der Waals surface area (Å²) in [4.78, 5) is 10.9. The number of alkyl halides is 1. The van der Waals surface area contributed by atoms with Gasteiger partial charge in [-0.05, 0) is 22.6 Å². The minimum Gasteiger partial charge on any atom is -0.466 e. The van der Waals surface area contributed by atoms with E-state index in [1.807, 2.05) is 0 Å². The molecule has 0 saturated heterocycles. The zero-order valence-corrected chi connectivity index (χ0v) is 10.0. The summed E-state index contributed by atoms with van der Waals surface area (Å²) in [6, 6.07) is 0. The average Bonchev–Trinajstić information content (AvgIpc) is 2.13. The Kier molecular flexibility index (Phi) is 7.63. The molecule has 0 saturated carbocycles. The van der Waals surface area contributed by atoms with Crippen molar-refractivity contribution in [1.29, 1.82) is 0 Å². The van der Waals surface area contributed by atoms with Crippen LogP contribution in [-0.2, 0) is 9.53 Å². The summed E-state index contributed by atoms with van der Waals surface area (Å²) in [6.07, 6.45) is 0.468. The van der Waals surface area contributed by atoms with Crippen LogP contribution in [0.2, 0.25) is 0 Å². The Bertz CT molecular complexity index is 154. The van der Waals surface area contributed by atoms with Gasteiger partial charge in [0.25, 0.3) is 0 Å². The second-order valence-corrected chi connectivity index (χ2v) is 4.18. The summed E-state index contributed by atoms with van der Waals surface area (Å²) in [5.74, 6) is 0.0118. The summed E-state index contributed by atoms with van der Waals surface area (Å²) in [7, 11) is 1.66. The number of hydrogen-bond donors (Lipinski definition) is 1. The first kappa shape index (κ1) is 13.2. The van der Waals surface area contributed by atoms with Crippen LogP contribution in [-0.4, -0.2) is 35.3 Å². The van der Waals surface area contributed by atoms with E-state index < -0.39 is 6.10 Å². The third-order valence-electron chi connectivity index (χ3n) is 1.73. The quantitative estimate of drug-likeness (QED) is 0.417. The second kappa shape index (κ2) is 7.54. The molecule has 0 aliphatic rings. The zero-order valence-electron chi connectivity index (χ0n) is 7.83. The number of hydrogen-bond acceptors (Lipinski definition) is 3. The van der Waals surface area contributed by atoms with Gasteiger partial charge in [0.05, 0.1) is 18.1 Å². The summed E-state index contributed by atoms with van der Waals surface area (Å²) in [5, 5.41) is 9.29. The standard InChI is InChI=1S/C8H16ClO3P/c1-2-12-8(11)4-3-7(13)6(10)5-9/h6-7,10H,2-5,13H2,1H3/p+1. The average molecular weight is 228 g/mol. The van der Waals surface area contributed by atoms with Gasteiger partial charge in [0.1, 0.15) is 6.10 Å². The van der Waals surface area contributed by atoms with Crippen molar-refractivity contribution in [2.24, 2.45) is 0 Å². The molecule has 0 aromatic carbocycles. The molecular formula is C8H17ClO3P+. The van der Waals surface area contributed by atoms with Gasteiger partial charge in [0.15, 0.2) is 0 Å². The Morgan fingerprint density at radius 3 is 2.77 bits per heavy atom. The first-order valence-electron chi connectivity index (χ1n) is 4.34. The van der Waals surface area contributed by atoms with E-state index in [1.54, 1.807) is 16.2 Å². The van der Waals surface area contributed by atoms with Crippen LogP contribution in [0.25, 0.3) is 0 Å². The molecule has 0 radical (unpaired) electrons. The highest BCUT2D eigenvalue weighted by atomic mass is 35.5. The lowest BCUT2D eigenvalue weighted by atomic mass is 10.1. The highest BCUT2D eigenvalue weighted by molar-refractivity contribution is 7.17. The Morgan fingerprint density at radius 1 is 1.69 bits per heavy atom. The van der Waals surface area contributed by atoms with Crippen molar-refractivity contribution in [2.45, 2.75) is 31.5 Å². The number of aliphatic hydroxyl groups is 1. The van der Waals surface area contributed by atoms with Gasteiger partial charge in [-0.1, -0.05) is 0 Å². The lowest BCUT2D eigenvalue weighted by Crippen LogP contribution is -2.23. The summed E-state index contributed by atoms with van der Waals surface area (Å²) in [5.41, 5.74) is 0.0712. The van der Waals surface area contributed by atoms with Crippen LogP contribution >= 0.6 is 20.8 Å². The molecule has 0 aliphatic heterocycles. The normalized spacial score (nSPS) is 15.3. The Morgan fingerprint density at radius 2 is 2.31 bits per heavy atom. The predicted octanol–water partition coefficient (Wildman–Crippen LogP) is 0.905. The first-order chi connectivity index (χ1) is 6.11. The molecule has 13 heavy (non-hydrogen) atoms. The molecular weight excluding hydrogens is 211 g/mol. The van der Waals surface area contributed by atoms with E-state index in [0.717, 1.165) is 0 Å². The molecule has 0 heterocycles. The van der Waals surface area contributed by atoms with Crippen molar-refractivity contribution >= 4 is 26.8 Å². The molecule has 0 rings (SSSR count). The van der Waals surface area contributed by atoms with Gasteiger partial charge >= 0.3 is 5.97 Å². The van der Waals surface area contributed by atoms with E-state index in [2.05, 4.69) is 0 Å². The zero-order chi connectivity index (χ0) is 10.3. The highest BCUT2D eigenvalue weighted by Gasteiger charge is 2.18. The third kappa shape index (κ3) is 6.25. The van der Waals surface area contributed by atoms with Gasteiger partial charge in [-0.2, -0.15) is 0 Å². The fourth-order valence-corrected chi connectivity index (χ4v) is 1.69. The topological polar surface area (TPSA) is 46.5 Å². The second-order valence-electron chi connectivity index (χ2n) is 2.83. The number of aliphatic hydroxyl groups excluding tert-OH is 1. The van der Waals surface area contributed by atoms with Crippen LogP contribution in [0.1, 0.15) is 19.8 Å². The number of esters is 1. The van der Waals surface area contributed by atoms with Crippen LogP contribution in [0.15, 0.2) is 0 Å². The van der Waals surface area contributed by atoms with Gasteiger partial charge in [-0.15, -0.1) is 11.6 Å². The van der Waals surface area contributed by atoms with Crippen molar-refractivity contribution in [1.82, 2.24) is 0 Å². The molecule has 3 atom stereocenters. The number of rotatable bonds is 6. The van der Waals surface area contributed by atoms with Crippen molar-refractivity contribution in [2.75, 3.05) is 12.5 Å². The number of halogens is 1. The largest absolute Gasteiger partial charge is 0.466 e. The maximum atomic E-state index is 10.9. The molecule has 0 aromatic heterocycles. The van der Waals surface area contributed by atoms with Gasteiger partial charge in [0, 0.05) is 6.42 Å². The van der Waals surface area contributed by atoms with Crippen LogP contribution in [0.4, 0.5) is 0 Å². The van der Waals surface area contributed by atoms with Gasteiger partial charge in [0.2, 0.25) is 0 Å². The first-order valence-corrected chi connectivity index (χ1v) is 5.69. The van der Waals surface area contributed by atoms with Crippen molar-refractivity contribution in [3.63, 3.8) is 0 Å². The van der Waals surface area contributed by atoms with Crippen molar-refractivity contribution in [3.05, 3.63) is 0 Å². The molecule has 0 fully saturated rings. The van der Waals surface area contributed by atoms with Crippen LogP contribution in [0.3, 0.4) is 0 Å². The summed E-state index contributed by atoms with van der Waals surface area (Å²) < 4.78 is 4.76. The molecule has 78 valence electrons. The predicted molar refractivity (Wildman–Crippen MR) is 57.5 cm³/mol. The van der Waals surface area contributed by atoms with Crippen molar-refractivity contribution in [3.8, 4) is 0 Å². The molecule has 3 nitrogen and oxygen atoms in total. The van der Waals surface area contributed by atoms with E-state index in [4.69, 9.17) is 16.3 Å². The monoisotopic (exact) mass is 227 g/mol. The van der Waals surface area contributed by atoms with E-state index in [0.29, 0.717) is 19.4 Å². The van der Waals surface area contributed by atoms with Crippen LogP contribution in [0, 0.1) is 0 Å². The minimum atomic E-state index is -0.519. The molecule has 0 aliphatic carbocycles. The third-order valence-corrected chi connectivity index (χ3v) is 3.00. The molecule has 5 heteroatoms. The molecule has 1 N–H and O–H groups in total. The Hall–Kier alpha value is 0.150. The summed E-state index contributed by atoms with van der Waals surface area (Å²) in [6.45, 7) is 2.18. The Labute approximate surface area is 86.0 Å². The molecule has 0 bridgehead atoms. The van der Waals surface area contributed by atoms with Crippen LogP contribution in [0.5, 0.6) is 0 Å². The highest BCUT2D eigenvalue weighted by Crippen LogP contribution is 2.14. The van der Waals surface area contributed by atoms with Crippen LogP contribution < -0.4 is 0 Å². The number of ether oxygens (including phenoxy) is 1. The minimum absolute atomic E-state index is 0.0712. The fraction of sp³-hybridized carbons (Fsp3) is 0.875. The van der Waals surface area contributed by atoms with Gasteiger partial charge in [-0.3, -0.25) is 4.79 Å². The summed E-state index contributed by atoms with van der Waals surface area (Å²) >= 11 is 5.46. The fourth-order valence-electron chi connectivity index (χ4n) is 0.855. The van der Waals surface area contributed by atoms with E-state index in [1.165, 1.54) is 0 Å². The lowest BCUT2D eigenvalue weighted by Gasteiger charge is -2.11.